The average molecular weight is 349 g/mol. The second kappa shape index (κ2) is 7.15. The summed E-state index contributed by atoms with van der Waals surface area (Å²) in [6.07, 6.45) is 8.88. The highest BCUT2D eigenvalue weighted by molar-refractivity contribution is 5.94. The van der Waals surface area contributed by atoms with E-state index in [0.29, 0.717) is 12.1 Å². The Morgan fingerprint density at radius 3 is 2.92 bits per heavy atom. The predicted octanol–water partition coefficient (Wildman–Crippen LogP) is 2.76. The van der Waals surface area contributed by atoms with E-state index in [2.05, 4.69) is 32.9 Å². The highest BCUT2D eigenvalue weighted by Crippen LogP contribution is 2.28. The number of nitrogens with one attached hydrogen (secondary N) is 2. The number of rotatable bonds is 7. The number of hydrogen-bond acceptors (Lipinski definition) is 4. The fourth-order valence-corrected chi connectivity index (χ4v) is 3.11. The molecule has 1 aliphatic rings. The Kier molecular flexibility index (Phi) is 4.56. The van der Waals surface area contributed by atoms with Crippen LogP contribution in [0, 0.1) is 5.92 Å². The predicted molar refractivity (Wildman–Crippen MR) is 102 cm³/mol. The van der Waals surface area contributed by atoms with E-state index in [-0.39, 0.29) is 5.91 Å². The SMILES string of the molecule is Cn1cc(CCNC(=O)c2ccc(NCC3CC3)nc2)c2cccnc21. The summed E-state index contributed by atoms with van der Waals surface area (Å²) >= 11 is 0. The van der Waals surface area contributed by atoms with Crippen molar-refractivity contribution in [3.05, 3.63) is 54.0 Å². The molecule has 0 unspecified atom stereocenters. The maximum Gasteiger partial charge on any atom is 0.252 e. The zero-order chi connectivity index (χ0) is 17.9. The number of hydrogen-bond donors (Lipinski definition) is 2. The first-order valence-corrected chi connectivity index (χ1v) is 9.08. The molecule has 0 aliphatic heterocycles. The first kappa shape index (κ1) is 16.6. The Morgan fingerprint density at radius 2 is 2.15 bits per heavy atom. The Labute approximate surface area is 152 Å². The van der Waals surface area contributed by atoms with E-state index >= 15 is 0 Å². The van der Waals surface area contributed by atoms with E-state index in [1.54, 1.807) is 12.4 Å². The van der Waals surface area contributed by atoms with Crippen LogP contribution in [0.1, 0.15) is 28.8 Å². The van der Waals surface area contributed by atoms with Gasteiger partial charge in [-0.2, -0.15) is 0 Å². The summed E-state index contributed by atoms with van der Waals surface area (Å²) < 4.78 is 2.02. The quantitative estimate of drug-likeness (QED) is 0.688. The molecule has 4 rings (SSSR count). The van der Waals surface area contributed by atoms with E-state index < -0.39 is 0 Å². The van der Waals surface area contributed by atoms with Crippen molar-refractivity contribution in [1.82, 2.24) is 19.9 Å². The highest BCUT2D eigenvalue weighted by Gasteiger charge is 2.20. The summed E-state index contributed by atoms with van der Waals surface area (Å²) in [5.74, 6) is 1.53. The molecule has 6 nitrogen and oxygen atoms in total. The van der Waals surface area contributed by atoms with Crippen molar-refractivity contribution in [2.75, 3.05) is 18.4 Å². The van der Waals surface area contributed by atoms with E-state index in [4.69, 9.17) is 0 Å². The van der Waals surface area contributed by atoms with Gasteiger partial charge in [0.25, 0.3) is 5.91 Å². The molecule has 3 heterocycles. The van der Waals surface area contributed by atoms with Crippen LogP contribution in [0.3, 0.4) is 0 Å². The second-order valence-corrected chi connectivity index (χ2v) is 6.90. The van der Waals surface area contributed by atoms with Crippen LogP contribution in [-0.2, 0) is 13.5 Å². The van der Waals surface area contributed by atoms with E-state index in [1.165, 1.54) is 18.4 Å². The number of fused-ring (bicyclic) bond motifs is 1. The van der Waals surface area contributed by atoms with Crippen LogP contribution in [0.5, 0.6) is 0 Å². The van der Waals surface area contributed by atoms with Crippen LogP contribution >= 0.6 is 0 Å². The van der Waals surface area contributed by atoms with Gasteiger partial charge in [0.2, 0.25) is 0 Å². The van der Waals surface area contributed by atoms with Crippen LogP contribution < -0.4 is 10.6 Å². The molecule has 0 atom stereocenters. The lowest BCUT2D eigenvalue weighted by molar-refractivity contribution is 0.0954. The average Bonchev–Trinajstić information content (AvgIpc) is 3.45. The van der Waals surface area contributed by atoms with Crippen LogP contribution in [0.2, 0.25) is 0 Å². The lowest BCUT2D eigenvalue weighted by Gasteiger charge is -2.07. The molecule has 2 N–H and O–H groups in total. The van der Waals surface area contributed by atoms with Crippen molar-refractivity contribution in [2.45, 2.75) is 19.3 Å². The van der Waals surface area contributed by atoms with Gasteiger partial charge >= 0.3 is 0 Å². The third-order valence-electron chi connectivity index (χ3n) is 4.79. The molecular weight excluding hydrogens is 326 g/mol. The van der Waals surface area contributed by atoms with E-state index in [0.717, 1.165) is 35.7 Å². The Balaban J connectivity index is 1.31. The molecule has 0 spiro atoms. The van der Waals surface area contributed by atoms with Gasteiger partial charge < -0.3 is 15.2 Å². The van der Waals surface area contributed by atoms with E-state index in [1.807, 2.05) is 29.8 Å². The molecule has 3 aromatic rings. The summed E-state index contributed by atoms with van der Waals surface area (Å²) in [6.45, 7) is 1.55. The third kappa shape index (κ3) is 3.69. The number of aryl methyl sites for hydroxylation is 1. The van der Waals surface area contributed by atoms with Crippen LogP contribution in [0.4, 0.5) is 5.82 Å². The van der Waals surface area contributed by atoms with Gasteiger partial charge in [-0.15, -0.1) is 0 Å². The standard InChI is InChI=1S/C20H23N5O/c1-25-13-16(17-3-2-9-21-19(17)25)8-10-22-20(26)15-6-7-18(24-12-15)23-11-14-4-5-14/h2-3,6-7,9,12-14H,4-5,8,10-11H2,1H3,(H,22,26)(H,23,24). The lowest BCUT2D eigenvalue weighted by Crippen LogP contribution is -2.25. The Bertz CT molecular complexity index is 912. The van der Waals surface area contributed by atoms with Gasteiger partial charge in [0.15, 0.2) is 0 Å². The smallest absolute Gasteiger partial charge is 0.252 e. The summed E-state index contributed by atoms with van der Waals surface area (Å²) in [7, 11) is 1.99. The minimum absolute atomic E-state index is 0.0930. The lowest BCUT2D eigenvalue weighted by atomic mass is 10.1. The Morgan fingerprint density at radius 1 is 1.27 bits per heavy atom. The topological polar surface area (TPSA) is 71.8 Å². The maximum absolute atomic E-state index is 12.3. The minimum atomic E-state index is -0.0930. The summed E-state index contributed by atoms with van der Waals surface area (Å²) in [6, 6.07) is 7.69. The summed E-state index contributed by atoms with van der Waals surface area (Å²) in [4.78, 5) is 21.0. The number of nitrogens with zero attached hydrogens (tertiary/aromatic N) is 3. The number of pyridine rings is 2. The van der Waals surface area contributed by atoms with Crippen LogP contribution in [0.25, 0.3) is 11.0 Å². The van der Waals surface area contributed by atoms with Gasteiger partial charge in [0.1, 0.15) is 11.5 Å². The van der Waals surface area contributed by atoms with Crippen molar-refractivity contribution in [3.63, 3.8) is 0 Å². The molecule has 3 aromatic heterocycles. The molecule has 0 radical (unpaired) electrons. The van der Waals surface area contributed by atoms with E-state index in [9.17, 15) is 4.79 Å². The number of carbonyl (C=O) groups is 1. The van der Waals surface area contributed by atoms with Gasteiger partial charge in [-0.3, -0.25) is 4.79 Å². The molecule has 26 heavy (non-hydrogen) atoms. The third-order valence-corrected chi connectivity index (χ3v) is 4.79. The normalized spacial score (nSPS) is 13.7. The molecule has 0 saturated heterocycles. The number of amides is 1. The largest absolute Gasteiger partial charge is 0.370 e. The number of aromatic nitrogens is 3. The van der Waals surface area contributed by atoms with Crippen molar-refractivity contribution in [3.8, 4) is 0 Å². The van der Waals surface area contributed by atoms with Gasteiger partial charge in [-0.05, 0) is 55.0 Å². The van der Waals surface area contributed by atoms with Crippen molar-refractivity contribution in [1.29, 1.82) is 0 Å². The second-order valence-electron chi connectivity index (χ2n) is 6.90. The number of anilines is 1. The molecule has 1 amide bonds. The molecule has 0 bridgehead atoms. The van der Waals surface area contributed by atoms with Crippen molar-refractivity contribution < 1.29 is 4.79 Å². The summed E-state index contributed by atoms with van der Waals surface area (Å²) in [5, 5.41) is 7.41. The maximum atomic E-state index is 12.3. The van der Waals surface area contributed by atoms with Gasteiger partial charge in [0, 0.05) is 44.1 Å². The molecule has 6 heteroatoms. The van der Waals surface area contributed by atoms with Gasteiger partial charge in [-0.1, -0.05) is 0 Å². The zero-order valence-electron chi connectivity index (χ0n) is 14.9. The zero-order valence-corrected chi connectivity index (χ0v) is 14.9. The van der Waals surface area contributed by atoms with Crippen LogP contribution in [0.15, 0.2) is 42.9 Å². The van der Waals surface area contributed by atoms with Crippen LogP contribution in [-0.4, -0.2) is 33.5 Å². The molecule has 0 aromatic carbocycles. The molecule has 1 aliphatic carbocycles. The van der Waals surface area contributed by atoms with Gasteiger partial charge in [0.05, 0.1) is 5.56 Å². The monoisotopic (exact) mass is 349 g/mol. The van der Waals surface area contributed by atoms with Crippen molar-refractivity contribution in [2.24, 2.45) is 13.0 Å². The Hall–Kier alpha value is -2.89. The molecule has 1 saturated carbocycles. The fourth-order valence-electron chi connectivity index (χ4n) is 3.11. The van der Waals surface area contributed by atoms with Crippen molar-refractivity contribution >= 4 is 22.8 Å². The first-order chi connectivity index (χ1) is 12.7. The molecular formula is C20H23N5O. The summed E-state index contributed by atoms with van der Waals surface area (Å²) in [5.41, 5.74) is 2.74. The van der Waals surface area contributed by atoms with Gasteiger partial charge in [-0.25, -0.2) is 9.97 Å². The number of carbonyl (C=O) groups excluding carboxylic acids is 1. The molecule has 134 valence electrons. The fraction of sp³-hybridized carbons (Fsp3) is 0.350. The first-order valence-electron chi connectivity index (χ1n) is 9.08. The highest BCUT2D eigenvalue weighted by atomic mass is 16.1. The minimum Gasteiger partial charge on any atom is -0.370 e. The molecule has 1 fully saturated rings.